The van der Waals surface area contributed by atoms with E-state index in [1.54, 1.807) is 12.1 Å². The lowest BCUT2D eigenvalue weighted by molar-refractivity contribution is -0.120. The first-order valence-electron chi connectivity index (χ1n) is 16.1. The van der Waals surface area contributed by atoms with Crippen LogP contribution in [0.15, 0.2) is 65.7 Å². The summed E-state index contributed by atoms with van der Waals surface area (Å²) in [4.78, 5) is 30.2. The molecule has 0 aliphatic heterocycles. The topological polar surface area (TPSA) is 99.0 Å². The third kappa shape index (κ3) is 7.12. The molecule has 2 unspecified atom stereocenters. The number of fused-ring (bicyclic) bond motifs is 3. The molecule has 0 amide bonds. The van der Waals surface area contributed by atoms with Gasteiger partial charge in [0.05, 0.1) is 10.6 Å². The maximum Gasteiger partial charge on any atom is 0.293 e. The highest BCUT2D eigenvalue weighted by molar-refractivity contribution is 7.92. The van der Waals surface area contributed by atoms with Crippen LogP contribution in [-0.4, -0.2) is 40.5 Å². The first-order chi connectivity index (χ1) is 23.5. The molecule has 0 N–H and O–H groups in total. The zero-order valence-electron chi connectivity index (χ0n) is 27.1. The first-order valence-corrected chi connectivity index (χ1v) is 17.7. The number of benzene rings is 2. The highest BCUT2D eigenvalue weighted by Gasteiger charge is 2.67. The second-order valence-electron chi connectivity index (χ2n) is 13.5. The first kappa shape index (κ1) is 35.5. The Morgan fingerprint density at radius 1 is 0.960 bits per heavy atom. The monoisotopic (exact) mass is 717 g/mol. The third-order valence-corrected chi connectivity index (χ3v) is 10.8. The molecule has 3 atom stereocenters. The molecule has 0 spiro atoms. The van der Waals surface area contributed by atoms with Crippen LogP contribution in [0.5, 0.6) is 0 Å². The van der Waals surface area contributed by atoms with Gasteiger partial charge < -0.3 is 0 Å². The van der Waals surface area contributed by atoms with Crippen molar-refractivity contribution in [2.45, 2.75) is 75.2 Å². The van der Waals surface area contributed by atoms with Crippen LogP contribution >= 0.6 is 0 Å². The van der Waals surface area contributed by atoms with Gasteiger partial charge in [0.2, 0.25) is 0 Å². The van der Waals surface area contributed by atoms with Gasteiger partial charge in [0.25, 0.3) is 12.3 Å². The van der Waals surface area contributed by atoms with E-state index in [0.29, 0.717) is 27.6 Å². The number of Topliss-reactive ketones (excluding diaryl/α,β-unsaturated/α-hetero) is 2. The van der Waals surface area contributed by atoms with Crippen LogP contribution in [-0.2, 0) is 38.3 Å². The van der Waals surface area contributed by atoms with Gasteiger partial charge in [-0.3, -0.25) is 19.3 Å². The molecule has 1 saturated carbocycles. The molecule has 0 radical (unpaired) electrons. The zero-order chi connectivity index (χ0) is 36.1. The van der Waals surface area contributed by atoms with Gasteiger partial charge in [0.15, 0.2) is 15.6 Å². The van der Waals surface area contributed by atoms with Crippen molar-refractivity contribution in [1.82, 2.24) is 14.8 Å². The Kier molecular flexibility index (Phi) is 9.53. The fraction of sp³-hybridized carbons (Fsp3) is 0.389. The minimum atomic E-state index is -3.93. The third-order valence-electron chi connectivity index (χ3n) is 9.11. The van der Waals surface area contributed by atoms with E-state index in [0.717, 1.165) is 12.1 Å². The number of carbonyl (C=O) groups is 2. The molecule has 2 aromatic carbocycles. The van der Waals surface area contributed by atoms with Gasteiger partial charge in [-0.05, 0) is 66.1 Å². The fourth-order valence-corrected chi connectivity index (χ4v) is 8.26. The molecule has 0 bridgehead atoms. The Labute approximate surface area is 284 Å². The van der Waals surface area contributed by atoms with E-state index in [4.69, 9.17) is 0 Å². The molecule has 4 aromatic rings. The van der Waals surface area contributed by atoms with Crippen molar-refractivity contribution in [3.05, 3.63) is 101 Å². The Morgan fingerprint density at radius 3 is 2.28 bits per heavy atom. The summed E-state index contributed by atoms with van der Waals surface area (Å²) in [6, 6.07) is 11.8. The standard InChI is InChI=1S/C36H33F6N3O4S/c1-19(2)10-26(47)18-50(48,49)27-7-5-21(6-8-27)28-4-3-9-43-32(28)22(11-20-12-23(37)15-24(38)13-20)14-25(46)17-45-34-31(33(44-45)35(39)40)29-16-30(29)36(34,41)42/h3-9,12-13,15,19,22,29-30,35H,10-11,14,16-18H2,1-2H3/t22-,29?,30?/m1/s1. The Hall–Kier alpha value is -4.33. The van der Waals surface area contributed by atoms with Gasteiger partial charge in [0, 0.05) is 48.1 Å². The number of aromatic nitrogens is 3. The fourth-order valence-electron chi connectivity index (χ4n) is 7.00. The average Bonchev–Trinajstić information content (AvgIpc) is 3.68. The maximum absolute atomic E-state index is 15.2. The van der Waals surface area contributed by atoms with Crippen molar-refractivity contribution in [3.63, 3.8) is 0 Å². The normalized spacial score (nSPS) is 18.3. The Morgan fingerprint density at radius 2 is 1.64 bits per heavy atom. The quantitative estimate of drug-likeness (QED) is 0.124. The Balaban J connectivity index is 1.32. The molecule has 50 heavy (non-hydrogen) atoms. The molecular weight excluding hydrogens is 684 g/mol. The van der Waals surface area contributed by atoms with E-state index < -0.39 is 86.8 Å². The number of rotatable bonds is 14. The van der Waals surface area contributed by atoms with Crippen molar-refractivity contribution in [2.75, 3.05) is 5.75 Å². The van der Waals surface area contributed by atoms with Gasteiger partial charge in [-0.25, -0.2) is 26.0 Å². The lowest BCUT2D eigenvalue weighted by Crippen LogP contribution is -2.24. The number of halogens is 6. The van der Waals surface area contributed by atoms with Crippen LogP contribution in [0.2, 0.25) is 0 Å². The second kappa shape index (κ2) is 13.4. The molecule has 0 saturated heterocycles. The van der Waals surface area contributed by atoms with Crippen molar-refractivity contribution in [1.29, 1.82) is 0 Å². The van der Waals surface area contributed by atoms with Gasteiger partial charge in [-0.1, -0.05) is 32.0 Å². The van der Waals surface area contributed by atoms with Gasteiger partial charge in [-0.15, -0.1) is 0 Å². The number of pyridine rings is 1. The molecule has 14 heteroatoms. The number of alkyl halides is 4. The van der Waals surface area contributed by atoms with Crippen LogP contribution in [0.4, 0.5) is 26.3 Å². The predicted molar refractivity (Wildman–Crippen MR) is 171 cm³/mol. The van der Waals surface area contributed by atoms with E-state index in [2.05, 4.69) is 10.1 Å². The number of nitrogens with zero attached hydrogens (tertiary/aromatic N) is 3. The van der Waals surface area contributed by atoms with Crippen LogP contribution in [0.25, 0.3) is 11.1 Å². The smallest absolute Gasteiger partial charge is 0.293 e. The van der Waals surface area contributed by atoms with Crippen LogP contribution in [0.1, 0.15) is 79.6 Å². The van der Waals surface area contributed by atoms with Crippen molar-refractivity contribution in [3.8, 4) is 11.1 Å². The summed E-state index contributed by atoms with van der Waals surface area (Å²) < 4.78 is 113. The predicted octanol–water partition coefficient (Wildman–Crippen LogP) is 7.74. The van der Waals surface area contributed by atoms with Crippen LogP contribution < -0.4 is 0 Å². The summed E-state index contributed by atoms with van der Waals surface area (Å²) >= 11 is 0. The molecular formula is C36H33F6N3O4S. The molecule has 2 aliphatic rings. The van der Waals surface area contributed by atoms with E-state index in [1.165, 1.54) is 30.5 Å². The van der Waals surface area contributed by atoms with Gasteiger partial charge in [-0.2, -0.15) is 13.9 Å². The molecule has 7 nitrogen and oxygen atoms in total. The van der Waals surface area contributed by atoms with Gasteiger partial charge in [0.1, 0.15) is 41.1 Å². The van der Waals surface area contributed by atoms with Gasteiger partial charge >= 0.3 is 0 Å². The lowest BCUT2D eigenvalue weighted by atomic mass is 9.87. The number of sulfone groups is 1. The highest BCUT2D eigenvalue weighted by Crippen LogP contribution is 2.68. The molecule has 2 heterocycles. The molecule has 1 fully saturated rings. The summed E-state index contributed by atoms with van der Waals surface area (Å²) in [6.07, 6.45) is -1.99. The molecule has 2 aromatic heterocycles. The number of hydrogen-bond donors (Lipinski definition) is 0. The number of carbonyl (C=O) groups excluding carboxylic acids is 2. The van der Waals surface area contributed by atoms with Crippen molar-refractivity contribution < 1.29 is 44.3 Å². The molecule has 264 valence electrons. The van der Waals surface area contributed by atoms with Crippen molar-refractivity contribution >= 4 is 21.4 Å². The Bertz CT molecular complexity index is 2040. The highest BCUT2D eigenvalue weighted by atomic mass is 32.2. The summed E-state index contributed by atoms with van der Waals surface area (Å²) in [5.41, 5.74) is -0.231. The van der Waals surface area contributed by atoms with E-state index in [1.807, 2.05) is 13.8 Å². The summed E-state index contributed by atoms with van der Waals surface area (Å²) in [5.74, 6) is -9.59. The van der Waals surface area contributed by atoms with E-state index in [-0.39, 0.29) is 47.6 Å². The van der Waals surface area contributed by atoms with E-state index >= 15 is 8.78 Å². The summed E-state index contributed by atoms with van der Waals surface area (Å²) in [7, 11) is -3.93. The van der Waals surface area contributed by atoms with Crippen LogP contribution in [0, 0.1) is 23.5 Å². The lowest BCUT2D eigenvalue weighted by Gasteiger charge is -2.21. The number of hydrogen-bond acceptors (Lipinski definition) is 6. The zero-order valence-corrected chi connectivity index (χ0v) is 27.9. The summed E-state index contributed by atoms with van der Waals surface area (Å²) in [6.45, 7) is 2.88. The molecule has 2 aliphatic carbocycles. The summed E-state index contributed by atoms with van der Waals surface area (Å²) in [5, 5.41) is 3.74. The molecule has 6 rings (SSSR count). The second-order valence-corrected chi connectivity index (χ2v) is 15.4. The van der Waals surface area contributed by atoms with Crippen molar-refractivity contribution in [2.24, 2.45) is 11.8 Å². The van der Waals surface area contributed by atoms with E-state index in [9.17, 15) is 35.6 Å². The minimum Gasteiger partial charge on any atom is -0.299 e. The average molecular weight is 718 g/mol. The minimum absolute atomic E-state index is 0.00488. The maximum atomic E-state index is 15.2. The van der Waals surface area contributed by atoms with Crippen LogP contribution in [0.3, 0.4) is 0 Å². The largest absolute Gasteiger partial charge is 0.299 e. The SMILES string of the molecule is CC(C)CC(=O)CS(=O)(=O)c1ccc(-c2cccnc2[C@@H](CC(=O)Cn2nc(C(F)F)c3c2C(F)(F)C2CC32)Cc2cc(F)cc(F)c2)cc1. The number of ketones is 2.